The molecule has 0 radical (unpaired) electrons. The zero-order valence-corrected chi connectivity index (χ0v) is 15.9. The first-order chi connectivity index (χ1) is 13.6. The third kappa shape index (κ3) is 3.34. The Bertz CT molecular complexity index is 1090. The summed E-state index contributed by atoms with van der Waals surface area (Å²) in [7, 11) is 1.59. The van der Waals surface area contributed by atoms with E-state index in [1.54, 1.807) is 13.2 Å². The van der Waals surface area contributed by atoms with Gasteiger partial charge in [-0.15, -0.1) is 0 Å². The van der Waals surface area contributed by atoms with Crippen LogP contribution in [0.2, 0.25) is 5.02 Å². The van der Waals surface area contributed by atoms with Crippen molar-refractivity contribution < 1.29 is 19.0 Å². The molecule has 2 aromatic rings. The largest absolute Gasteiger partial charge is 0.493 e. The van der Waals surface area contributed by atoms with E-state index < -0.39 is 5.82 Å². The van der Waals surface area contributed by atoms with Crippen LogP contribution in [-0.2, 0) is 0 Å². The van der Waals surface area contributed by atoms with E-state index in [1.165, 1.54) is 12.1 Å². The van der Waals surface area contributed by atoms with Gasteiger partial charge in [-0.25, -0.2) is 4.39 Å². The Morgan fingerprint density at radius 1 is 1.14 bits per heavy atom. The quantitative estimate of drug-likeness (QED) is 0.330. The van der Waals surface area contributed by atoms with Crippen LogP contribution in [0, 0.1) is 5.82 Å². The number of fused-ring (bicyclic) bond motifs is 3. The number of nitrogens with one attached hydrogen (secondary N) is 3. The number of aromatic nitrogens is 2. The number of aliphatic hydroxyl groups is 1. The molecule has 1 aliphatic carbocycles. The molecule has 0 fully saturated rings. The molecule has 0 bridgehead atoms. The lowest BCUT2D eigenvalue weighted by molar-refractivity contribution is 0.228. The Labute approximate surface area is 165 Å². The monoisotopic (exact) mass is 403 g/mol. The number of hydrogen-bond acceptors (Lipinski definition) is 4. The van der Waals surface area contributed by atoms with Crippen LogP contribution >= 0.6 is 11.6 Å². The summed E-state index contributed by atoms with van der Waals surface area (Å²) in [6, 6.07) is 10.3. The van der Waals surface area contributed by atoms with E-state index >= 15 is 0 Å². The van der Waals surface area contributed by atoms with Crippen LogP contribution in [0.3, 0.4) is 0 Å². The van der Waals surface area contributed by atoms with Crippen LogP contribution < -0.4 is 14.8 Å². The molecule has 4 rings (SSSR count). The summed E-state index contributed by atoms with van der Waals surface area (Å²) in [5.41, 5.74) is 2.51. The van der Waals surface area contributed by atoms with E-state index in [0.717, 1.165) is 27.8 Å². The fraction of sp³-hybridized carbons (Fsp3) is 0.200. The Balaban J connectivity index is 1.69. The molecular formula is C20H19ClFN3O3. The molecule has 2 aromatic carbocycles. The summed E-state index contributed by atoms with van der Waals surface area (Å²) < 4.78 is 24.6. The highest BCUT2D eigenvalue weighted by atomic mass is 35.5. The highest BCUT2D eigenvalue weighted by Gasteiger charge is 2.19. The number of methoxy groups -OCH3 is 1. The zero-order valence-electron chi connectivity index (χ0n) is 15.1. The minimum atomic E-state index is -0.463. The number of rotatable bonds is 7. The first-order valence-electron chi connectivity index (χ1n) is 8.77. The van der Waals surface area contributed by atoms with Crippen molar-refractivity contribution in [2.24, 2.45) is 0 Å². The van der Waals surface area contributed by atoms with Gasteiger partial charge in [-0.3, -0.25) is 10.2 Å². The molecule has 8 heteroatoms. The van der Waals surface area contributed by atoms with Gasteiger partial charge >= 0.3 is 0 Å². The van der Waals surface area contributed by atoms with E-state index in [4.69, 9.17) is 26.2 Å². The second-order valence-electron chi connectivity index (χ2n) is 6.33. The van der Waals surface area contributed by atoms with Crippen molar-refractivity contribution in [3.05, 3.63) is 47.2 Å². The molecular weight excluding hydrogens is 385 g/mol. The second kappa shape index (κ2) is 7.61. The number of anilines is 2. The fourth-order valence-electron chi connectivity index (χ4n) is 3.14. The molecule has 1 aliphatic heterocycles. The summed E-state index contributed by atoms with van der Waals surface area (Å²) in [5, 5.41) is 20.4. The lowest BCUT2D eigenvalue weighted by Gasteiger charge is -2.10. The van der Waals surface area contributed by atoms with Crippen LogP contribution in [0.4, 0.5) is 15.9 Å². The zero-order chi connectivity index (χ0) is 19.7. The SMILES string of the molecule is COc1cc2c3[nH][nH]c(Nc4ccc(F)c(Cl)c4)c-3cc2cc1OCCCO. The van der Waals surface area contributed by atoms with Gasteiger partial charge in [0.15, 0.2) is 11.5 Å². The van der Waals surface area contributed by atoms with Crippen LogP contribution in [0.1, 0.15) is 6.42 Å². The van der Waals surface area contributed by atoms with Crippen molar-refractivity contribution in [2.45, 2.75) is 6.42 Å². The molecule has 146 valence electrons. The minimum Gasteiger partial charge on any atom is -0.493 e. The van der Waals surface area contributed by atoms with E-state index in [-0.39, 0.29) is 11.6 Å². The number of H-pyrrole nitrogens is 2. The van der Waals surface area contributed by atoms with Gasteiger partial charge < -0.3 is 19.9 Å². The Morgan fingerprint density at radius 3 is 2.75 bits per heavy atom. The molecule has 0 saturated carbocycles. The molecule has 0 amide bonds. The third-order valence-electron chi connectivity index (χ3n) is 4.51. The maximum atomic E-state index is 13.4. The van der Waals surface area contributed by atoms with E-state index in [0.29, 0.717) is 30.2 Å². The lowest BCUT2D eigenvalue weighted by atomic mass is 10.2. The molecule has 2 aliphatic rings. The first-order valence-corrected chi connectivity index (χ1v) is 9.15. The van der Waals surface area contributed by atoms with Gasteiger partial charge in [0.05, 0.1) is 24.4 Å². The summed E-state index contributed by atoms with van der Waals surface area (Å²) in [5.74, 6) is 1.51. The first kappa shape index (κ1) is 18.5. The molecule has 28 heavy (non-hydrogen) atoms. The normalized spacial score (nSPS) is 11.3. The van der Waals surface area contributed by atoms with Gasteiger partial charge in [0.2, 0.25) is 0 Å². The van der Waals surface area contributed by atoms with Crippen molar-refractivity contribution in [1.29, 1.82) is 0 Å². The van der Waals surface area contributed by atoms with Crippen molar-refractivity contribution in [1.82, 2.24) is 10.2 Å². The fourth-order valence-corrected chi connectivity index (χ4v) is 3.32. The maximum absolute atomic E-state index is 13.4. The summed E-state index contributed by atoms with van der Waals surface area (Å²) >= 11 is 5.86. The number of halogens is 2. The molecule has 4 N–H and O–H groups in total. The average Bonchev–Trinajstić information content (AvgIpc) is 3.23. The van der Waals surface area contributed by atoms with Crippen molar-refractivity contribution in [2.75, 3.05) is 25.6 Å². The molecule has 0 spiro atoms. The van der Waals surface area contributed by atoms with E-state index in [1.807, 2.05) is 18.2 Å². The van der Waals surface area contributed by atoms with Crippen molar-refractivity contribution >= 4 is 33.9 Å². The number of benzene rings is 2. The highest BCUT2D eigenvalue weighted by Crippen LogP contribution is 2.43. The Kier molecular flexibility index (Phi) is 5.02. The number of aromatic amines is 2. The predicted octanol–water partition coefficient (Wildman–Crippen LogP) is 4.91. The molecule has 1 heterocycles. The highest BCUT2D eigenvalue weighted by molar-refractivity contribution is 6.31. The lowest BCUT2D eigenvalue weighted by Crippen LogP contribution is -2.01. The molecule has 0 saturated heterocycles. The van der Waals surface area contributed by atoms with Gasteiger partial charge in [0.25, 0.3) is 0 Å². The molecule has 6 nitrogen and oxygen atoms in total. The van der Waals surface area contributed by atoms with Gasteiger partial charge in [-0.2, -0.15) is 0 Å². The van der Waals surface area contributed by atoms with Crippen molar-refractivity contribution in [3.8, 4) is 22.8 Å². The summed E-state index contributed by atoms with van der Waals surface area (Å²) in [6.45, 7) is 0.477. The standard InChI is InChI=1S/C20H19ClFN3O3/c1-27-17-10-13-11(8-18(17)28-6-2-5-26)7-14-19(13)24-25-20(14)23-12-3-4-16(22)15(21)9-12/h3-4,7-10,23-26H,2,5-6H2,1H3. The second-order valence-corrected chi connectivity index (χ2v) is 6.74. The number of hydrogen-bond donors (Lipinski definition) is 4. The molecule has 0 aromatic heterocycles. The Hall–Kier alpha value is -2.90. The van der Waals surface area contributed by atoms with Crippen LogP contribution in [0.25, 0.3) is 22.0 Å². The van der Waals surface area contributed by atoms with Crippen molar-refractivity contribution in [3.63, 3.8) is 0 Å². The average molecular weight is 404 g/mol. The number of ether oxygens (including phenoxy) is 2. The van der Waals surface area contributed by atoms with Crippen LogP contribution in [0.15, 0.2) is 36.4 Å². The van der Waals surface area contributed by atoms with Gasteiger partial charge in [-0.05, 0) is 41.8 Å². The molecule has 0 atom stereocenters. The summed E-state index contributed by atoms with van der Waals surface area (Å²) in [4.78, 5) is 0. The van der Waals surface area contributed by atoms with Crippen LogP contribution in [-0.4, -0.2) is 35.6 Å². The maximum Gasteiger partial charge on any atom is 0.161 e. The minimum absolute atomic E-state index is 0.0545. The van der Waals surface area contributed by atoms with E-state index in [2.05, 4.69) is 15.5 Å². The van der Waals surface area contributed by atoms with E-state index in [9.17, 15) is 4.39 Å². The smallest absolute Gasteiger partial charge is 0.161 e. The van der Waals surface area contributed by atoms with Crippen LogP contribution in [0.5, 0.6) is 11.5 Å². The number of aliphatic hydroxyl groups excluding tert-OH is 1. The third-order valence-corrected chi connectivity index (χ3v) is 4.79. The molecule has 0 unspecified atom stereocenters. The van der Waals surface area contributed by atoms with Gasteiger partial charge in [-0.1, -0.05) is 11.6 Å². The predicted molar refractivity (Wildman–Crippen MR) is 108 cm³/mol. The van der Waals surface area contributed by atoms with Gasteiger partial charge in [0, 0.05) is 29.7 Å². The summed E-state index contributed by atoms with van der Waals surface area (Å²) in [6.07, 6.45) is 0.548. The Morgan fingerprint density at radius 2 is 2.00 bits per heavy atom. The van der Waals surface area contributed by atoms with Gasteiger partial charge in [0.1, 0.15) is 11.6 Å². The topological polar surface area (TPSA) is 82.3 Å².